The first-order chi connectivity index (χ1) is 8.07. The fourth-order valence-corrected chi connectivity index (χ4v) is 2.18. The molecule has 3 heteroatoms. The van der Waals surface area contributed by atoms with E-state index in [4.69, 9.17) is 10.5 Å². The Bertz CT molecular complexity index is 552. The average molecular weight is 223 g/mol. The first-order valence-corrected chi connectivity index (χ1v) is 5.48. The SMILES string of the molecule is CC1(C)Cc2ccccc2C(=C(C#N)C#N)N1. The number of fused-ring (bicyclic) bond motifs is 1. The monoisotopic (exact) mass is 223 g/mol. The molecule has 0 aliphatic carbocycles. The minimum absolute atomic E-state index is 0.136. The lowest BCUT2D eigenvalue weighted by Gasteiger charge is -2.35. The molecule has 1 aromatic rings. The third-order valence-electron chi connectivity index (χ3n) is 2.86. The van der Waals surface area contributed by atoms with Crippen LogP contribution >= 0.6 is 0 Å². The van der Waals surface area contributed by atoms with E-state index in [9.17, 15) is 0 Å². The first kappa shape index (κ1) is 11.2. The number of rotatable bonds is 0. The van der Waals surface area contributed by atoms with E-state index in [0.29, 0.717) is 5.70 Å². The van der Waals surface area contributed by atoms with Crippen LogP contribution in [-0.4, -0.2) is 5.54 Å². The molecule has 1 aliphatic heterocycles. The van der Waals surface area contributed by atoms with Gasteiger partial charge in [0.15, 0.2) is 5.57 Å². The fourth-order valence-electron chi connectivity index (χ4n) is 2.18. The molecule has 0 saturated heterocycles. The molecule has 1 aliphatic rings. The quantitative estimate of drug-likeness (QED) is 0.687. The predicted molar refractivity (Wildman–Crippen MR) is 65.5 cm³/mol. The van der Waals surface area contributed by atoms with E-state index in [-0.39, 0.29) is 11.1 Å². The molecule has 0 saturated carbocycles. The van der Waals surface area contributed by atoms with Crippen molar-refractivity contribution in [2.75, 3.05) is 0 Å². The van der Waals surface area contributed by atoms with Crippen molar-refractivity contribution in [3.63, 3.8) is 0 Å². The second kappa shape index (κ2) is 3.96. The number of allylic oxidation sites excluding steroid dienone is 1. The summed E-state index contributed by atoms with van der Waals surface area (Å²) in [6, 6.07) is 11.8. The topological polar surface area (TPSA) is 59.6 Å². The molecule has 1 N–H and O–H groups in total. The first-order valence-electron chi connectivity index (χ1n) is 5.48. The van der Waals surface area contributed by atoms with E-state index >= 15 is 0 Å². The molecular formula is C14H13N3. The van der Waals surface area contributed by atoms with Gasteiger partial charge in [-0.25, -0.2) is 0 Å². The van der Waals surface area contributed by atoms with Gasteiger partial charge in [-0.3, -0.25) is 0 Å². The summed E-state index contributed by atoms with van der Waals surface area (Å²) in [7, 11) is 0. The van der Waals surface area contributed by atoms with Gasteiger partial charge in [0, 0.05) is 11.1 Å². The summed E-state index contributed by atoms with van der Waals surface area (Å²) in [5, 5.41) is 21.3. The lowest BCUT2D eigenvalue weighted by molar-refractivity contribution is 0.437. The van der Waals surface area contributed by atoms with E-state index in [1.165, 1.54) is 5.56 Å². The van der Waals surface area contributed by atoms with E-state index in [1.54, 1.807) is 0 Å². The van der Waals surface area contributed by atoms with Crippen molar-refractivity contribution in [2.24, 2.45) is 0 Å². The highest BCUT2D eigenvalue weighted by Gasteiger charge is 2.29. The molecule has 0 radical (unpaired) electrons. The molecule has 0 bridgehead atoms. The molecule has 2 rings (SSSR count). The van der Waals surface area contributed by atoms with Crippen LogP contribution in [0.1, 0.15) is 25.0 Å². The minimum Gasteiger partial charge on any atom is -0.378 e. The standard InChI is InChI=1S/C14H13N3/c1-14(2)7-10-5-3-4-6-12(10)13(17-14)11(8-15)9-16/h3-6,17H,7H2,1-2H3. The van der Waals surface area contributed by atoms with Crippen molar-refractivity contribution in [3.05, 3.63) is 41.0 Å². The zero-order valence-electron chi connectivity index (χ0n) is 9.91. The van der Waals surface area contributed by atoms with Gasteiger partial charge in [0.2, 0.25) is 0 Å². The van der Waals surface area contributed by atoms with E-state index in [1.807, 2.05) is 36.4 Å². The Kier molecular flexibility index (Phi) is 2.61. The summed E-state index contributed by atoms with van der Waals surface area (Å²) >= 11 is 0. The van der Waals surface area contributed by atoms with Crippen molar-refractivity contribution < 1.29 is 0 Å². The van der Waals surface area contributed by atoms with E-state index in [2.05, 4.69) is 19.2 Å². The maximum atomic E-state index is 9.00. The number of nitrogens with one attached hydrogen (secondary N) is 1. The van der Waals surface area contributed by atoms with Crippen LogP contribution in [0.3, 0.4) is 0 Å². The Morgan fingerprint density at radius 2 is 1.88 bits per heavy atom. The number of hydrogen-bond acceptors (Lipinski definition) is 3. The van der Waals surface area contributed by atoms with Gasteiger partial charge < -0.3 is 5.32 Å². The second-order valence-electron chi connectivity index (χ2n) is 4.82. The molecular weight excluding hydrogens is 210 g/mol. The van der Waals surface area contributed by atoms with Gasteiger partial charge in [-0.15, -0.1) is 0 Å². The Labute approximate surface area is 101 Å². The average Bonchev–Trinajstić information content (AvgIpc) is 2.29. The molecule has 0 unspecified atom stereocenters. The van der Waals surface area contributed by atoms with Gasteiger partial charge in [0.1, 0.15) is 12.1 Å². The summed E-state index contributed by atoms with van der Waals surface area (Å²) in [4.78, 5) is 0. The van der Waals surface area contributed by atoms with Crippen LogP contribution in [0, 0.1) is 22.7 Å². The van der Waals surface area contributed by atoms with Gasteiger partial charge in [0.25, 0.3) is 0 Å². The van der Waals surface area contributed by atoms with Crippen molar-refractivity contribution in [1.29, 1.82) is 10.5 Å². The van der Waals surface area contributed by atoms with Crippen LogP contribution in [0.25, 0.3) is 5.70 Å². The zero-order chi connectivity index (χ0) is 12.5. The van der Waals surface area contributed by atoms with E-state index < -0.39 is 0 Å². The van der Waals surface area contributed by atoms with Crippen LogP contribution in [0.4, 0.5) is 0 Å². The third kappa shape index (κ3) is 2.00. The summed E-state index contributed by atoms with van der Waals surface area (Å²) in [5.41, 5.74) is 2.80. The highest BCUT2D eigenvalue weighted by molar-refractivity contribution is 5.77. The highest BCUT2D eigenvalue weighted by atomic mass is 15.0. The van der Waals surface area contributed by atoms with Gasteiger partial charge in [-0.2, -0.15) is 10.5 Å². The highest BCUT2D eigenvalue weighted by Crippen LogP contribution is 2.30. The molecule has 1 aromatic carbocycles. The zero-order valence-corrected chi connectivity index (χ0v) is 9.91. The van der Waals surface area contributed by atoms with Gasteiger partial charge in [0.05, 0.1) is 5.70 Å². The molecule has 84 valence electrons. The normalized spacial score (nSPS) is 16.1. The van der Waals surface area contributed by atoms with Gasteiger partial charge in [-0.05, 0) is 25.8 Å². The van der Waals surface area contributed by atoms with Crippen LogP contribution < -0.4 is 5.32 Å². The molecule has 0 atom stereocenters. The lowest BCUT2D eigenvalue weighted by Crippen LogP contribution is -2.44. The number of nitriles is 2. The largest absolute Gasteiger partial charge is 0.378 e. The van der Waals surface area contributed by atoms with Crippen molar-refractivity contribution in [3.8, 4) is 12.1 Å². The predicted octanol–water partition coefficient (Wildman–Crippen LogP) is 2.37. The minimum atomic E-state index is -0.136. The maximum absolute atomic E-state index is 9.00. The molecule has 17 heavy (non-hydrogen) atoms. The van der Waals surface area contributed by atoms with Crippen molar-refractivity contribution in [1.82, 2.24) is 5.32 Å². The molecule has 1 heterocycles. The molecule has 0 aromatic heterocycles. The molecule has 0 spiro atoms. The fraction of sp³-hybridized carbons (Fsp3) is 0.286. The van der Waals surface area contributed by atoms with Crippen LogP contribution in [-0.2, 0) is 6.42 Å². The Morgan fingerprint density at radius 3 is 2.53 bits per heavy atom. The summed E-state index contributed by atoms with van der Waals surface area (Å²) in [6.07, 6.45) is 0.886. The third-order valence-corrected chi connectivity index (χ3v) is 2.86. The van der Waals surface area contributed by atoms with Gasteiger partial charge >= 0.3 is 0 Å². The smallest absolute Gasteiger partial charge is 0.153 e. The van der Waals surface area contributed by atoms with E-state index in [0.717, 1.165) is 12.0 Å². The second-order valence-corrected chi connectivity index (χ2v) is 4.82. The van der Waals surface area contributed by atoms with Crippen molar-refractivity contribution in [2.45, 2.75) is 25.8 Å². The van der Waals surface area contributed by atoms with Crippen LogP contribution in [0.15, 0.2) is 29.8 Å². The Morgan fingerprint density at radius 1 is 1.24 bits per heavy atom. The van der Waals surface area contributed by atoms with Crippen LogP contribution in [0.2, 0.25) is 0 Å². The van der Waals surface area contributed by atoms with Gasteiger partial charge in [-0.1, -0.05) is 24.3 Å². The van der Waals surface area contributed by atoms with Crippen molar-refractivity contribution >= 4 is 5.70 Å². The van der Waals surface area contributed by atoms with Crippen LogP contribution in [0.5, 0.6) is 0 Å². The summed E-state index contributed by atoms with van der Waals surface area (Å²) in [5.74, 6) is 0. The molecule has 0 fully saturated rings. The summed E-state index contributed by atoms with van der Waals surface area (Å²) < 4.78 is 0. The number of hydrogen-bond donors (Lipinski definition) is 1. The Hall–Kier alpha value is -2.26. The number of nitrogens with zero attached hydrogens (tertiary/aromatic N) is 2. The molecule has 3 nitrogen and oxygen atoms in total. The molecule has 0 amide bonds. The maximum Gasteiger partial charge on any atom is 0.153 e. The summed E-state index contributed by atoms with van der Waals surface area (Å²) in [6.45, 7) is 4.13. The Balaban J connectivity index is 2.68. The number of benzene rings is 1. The lowest BCUT2D eigenvalue weighted by atomic mass is 9.85.